The molecular formula is C11H20O2. The molecule has 0 saturated carbocycles. The Morgan fingerprint density at radius 3 is 2.54 bits per heavy atom. The van der Waals surface area contributed by atoms with Crippen molar-refractivity contribution in [2.75, 3.05) is 0 Å². The van der Waals surface area contributed by atoms with Gasteiger partial charge in [0.2, 0.25) is 0 Å². The molecule has 0 rings (SSSR count). The quantitative estimate of drug-likeness (QED) is 0.487. The highest BCUT2D eigenvalue weighted by molar-refractivity contribution is 5.69. The molecule has 0 aliphatic rings. The molecule has 0 heterocycles. The fourth-order valence-electron chi connectivity index (χ4n) is 1.07. The molecule has 0 bridgehead atoms. The molecule has 1 unspecified atom stereocenters. The van der Waals surface area contributed by atoms with Crippen LogP contribution in [0.1, 0.15) is 46.0 Å². The number of carbonyl (C=O) groups is 1. The summed E-state index contributed by atoms with van der Waals surface area (Å²) >= 11 is 0. The Bertz CT molecular complexity index is 161. The second-order valence-electron chi connectivity index (χ2n) is 3.43. The fourth-order valence-corrected chi connectivity index (χ4v) is 1.07. The summed E-state index contributed by atoms with van der Waals surface area (Å²) in [4.78, 5) is 10.4. The third-order valence-electron chi connectivity index (χ3n) is 2.05. The van der Waals surface area contributed by atoms with E-state index in [2.05, 4.69) is 19.1 Å². The summed E-state index contributed by atoms with van der Waals surface area (Å²) < 4.78 is 0. The third-order valence-corrected chi connectivity index (χ3v) is 2.05. The third kappa shape index (κ3) is 7.57. The summed E-state index contributed by atoms with van der Waals surface area (Å²) in [7, 11) is 0. The first-order valence-corrected chi connectivity index (χ1v) is 5.06. The van der Waals surface area contributed by atoms with E-state index in [0.29, 0.717) is 0 Å². The van der Waals surface area contributed by atoms with Crippen LogP contribution in [0.25, 0.3) is 0 Å². The summed E-state index contributed by atoms with van der Waals surface area (Å²) in [5, 5.41) is 8.60. The molecule has 1 N–H and O–H groups in total. The van der Waals surface area contributed by atoms with Crippen molar-refractivity contribution in [2.45, 2.75) is 46.0 Å². The molecule has 0 amide bonds. The lowest BCUT2D eigenvalue weighted by atomic mass is 10.0. The maximum atomic E-state index is 10.4. The van der Waals surface area contributed by atoms with Gasteiger partial charge < -0.3 is 5.11 Å². The normalized spacial score (nSPS) is 13.4. The van der Waals surface area contributed by atoms with Crippen molar-refractivity contribution in [3.63, 3.8) is 0 Å². The zero-order chi connectivity index (χ0) is 10.1. The van der Waals surface area contributed by atoms with Crippen molar-refractivity contribution in [3.8, 4) is 0 Å². The van der Waals surface area contributed by atoms with Crippen LogP contribution in [0.2, 0.25) is 0 Å². The number of rotatable bonds is 7. The fraction of sp³-hybridized carbons (Fsp3) is 0.727. The Labute approximate surface area is 80.7 Å². The Balaban J connectivity index is 3.30. The van der Waals surface area contributed by atoms with E-state index in [4.69, 9.17) is 5.11 Å². The van der Waals surface area contributed by atoms with E-state index in [1.807, 2.05) is 0 Å². The lowest BCUT2D eigenvalue weighted by Crippen LogP contribution is -2.08. The van der Waals surface area contributed by atoms with E-state index in [1.54, 1.807) is 6.92 Å². The van der Waals surface area contributed by atoms with Gasteiger partial charge in [-0.25, -0.2) is 0 Å². The molecule has 76 valence electrons. The number of allylic oxidation sites excluding steroid dienone is 2. The molecule has 0 aromatic heterocycles. The van der Waals surface area contributed by atoms with Crippen LogP contribution in [-0.2, 0) is 4.79 Å². The highest BCUT2D eigenvalue weighted by atomic mass is 16.4. The summed E-state index contributed by atoms with van der Waals surface area (Å²) in [5.41, 5.74) is 0. The molecule has 0 aromatic rings. The van der Waals surface area contributed by atoms with Gasteiger partial charge in [-0.2, -0.15) is 0 Å². The highest BCUT2D eigenvalue weighted by Crippen LogP contribution is 2.08. The van der Waals surface area contributed by atoms with E-state index in [9.17, 15) is 4.79 Å². The smallest absolute Gasteiger partial charge is 0.306 e. The average molecular weight is 184 g/mol. The van der Waals surface area contributed by atoms with Crippen LogP contribution in [0.15, 0.2) is 12.2 Å². The van der Waals surface area contributed by atoms with Crippen molar-refractivity contribution < 1.29 is 9.90 Å². The first kappa shape index (κ1) is 12.2. The maximum Gasteiger partial charge on any atom is 0.306 e. The molecule has 0 saturated heterocycles. The second-order valence-corrected chi connectivity index (χ2v) is 3.43. The first-order valence-electron chi connectivity index (χ1n) is 5.06. The van der Waals surface area contributed by atoms with Gasteiger partial charge in [0, 0.05) is 0 Å². The number of unbranched alkanes of at least 4 members (excludes halogenated alkanes) is 2. The van der Waals surface area contributed by atoms with Gasteiger partial charge in [0.25, 0.3) is 0 Å². The SMILES string of the molecule is CCC/C=C/CCCC(C)C(=O)O. The van der Waals surface area contributed by atoms with Gasteiger partial charge in [0.05, 0.1) is 5.92 Å². The standard InChI is InChI=1S/C11H20O2/c1-3-4-5-6-7-8-9-10(2)11(12)13/h5-6,10H,3-4,7-9H2,1-2H3,(H,12,13)/b6-5+. The van der Waals surface area contributed by atoms with Crippen molar-refractivity contribution in [1.82, 2.24) is 0 Å². The van der Waals surface area contributed by atoms with Crippen molar-refractivity contribution in [2.24, 2.45) is 5.92 Å². The molecule has 0 fully saturated rings. The summed E-state index contributed by atoms with van der Waals surface area (Å²) in [6.07, 6.45) is 9.41. The summed E-state index contributed by atoms with van der Waals surface area (Å²) in [6.45, 7) is 3.91. The largest absolute Gasteiger partial charge is 0.481 e. The monoisotopic (exact) mass is 184 g/mol. The van der Waals surface area contributed by atoms with Gasteiger partial charge in [0.15, 0.2) is 0 Å². The van der Waals surface area contributed by atoms with E-state index in [-0.39, 0.29) is 5.92 Å². The minimum absolute atomic E-state index is 0.195. The topological polar surface area (TPSA) is 37.3 Å². The van der Waals surface area contributed by atoms with Crippen LogP contribution in [0.5, 0.6) is 0 Å². The summed E-state index contributed by atoms with van der Waals surface area (Å²) in [6, 6.07) is 0. The average Bonchev–Trinajstić information content (AvgIpc) is 2.10. The van der Waals surface area contributed by atoms with Crippen LogP contribution in [0, 0.1) is 5.92 Å². The predicted octanol–water partition coefficient (Wildman–Crippen LogP) is 3.23. The van der Waals surface area contributed by atoms with Crippen molar-refractivity contribution in [1.29, 1.82) is 0 Å². The zero-order valence-electron chi connectivity index (χ0n) is 8.62. The van der Waals surface area contributed by atoms with Crippen LogP contribution in [0.3, 0.4) is 0 Å². The van der Waals surface area contributed by atoms with Crippen LogP contribution in [0.4, 0.5) is 0 Å². The Kier molecular flexibility index (Phi) is 7.36. The Morgan fingerprint density at radius 1 is 1.38 bits per heavy atom. The van der Waals surface area contributed by atoms with E-state index >= 15 is 0 Å². The van der Waals surface area contributed by atoms with Gasteiger partial charge in [-0.1, -0.05) is 32.4 Å². The molecule has 2 heteroatoms. The van der Waals surface area contributed by atoms with Gasteiger partial charge in [-0.15, -0.1) is 0 Å². The van der Waals surface area contributed by atoms with Crippen molar-refractivity contribution >= 4 is 5.97 Å². The first-order chi connectivity index (χ1) is 6.18. The molecule has 0 aromatic carbocycles. The number of hydrogen-bond acceptors (Lipinski definition) is 1. The number of carboxylic acids is 1. The minimum Gasteiger partial charge on any atom is -0.481 e. The minimum atomic E-state index is -0.683. The van der Waals surface area contributed by atoms with E-state index in [0.717, 1.165) is 25.7 Å². The number of aliphatic carboxylic acids is 1. The van der Waals surface area contributed by atoms with Crippen LogP contribution < -0.4 is 0 Å². The molecule has 0 spiro atoms. The van der Waals surface area contributed by atoms with Gasteiger partial charge in [-0.3, -0.25) is 4.79 Å². The molecular weight excluding hydrogens is 164 g/mol. The van der Waals surface area contributed by atoms with Gasteiger partial charge in [0.1, 0.15) is 0 Å². The van der Waals surface area contributed by atoms with Gasteiger partial charge >= 0.3 is 5.97 Å². The molecule has 13 heavy (non-hydrogen) atoms. The van der Waals surface area contributed by atoms with E-state index in [1.165, 1.54) is 6.42 Å². The maximum absolute atomic E-state index is 10.4. The molecule has 0 aliphatic carbocycles. The van der Waals surface area contributed by atoms with Crippen LogP contribution >= 0.6 is 0 Å². The highest BCUT2D eigenvalue weighted by Gasteiger charge is 2.08. The molecule has 0 radical (unpaired) electrons. The lowest BCUT2D eigenvalue weighted by Gasteiger charge is -2.02. The molecule has 1 atom stereocenters. The van der Waals surface area contributed by atoms with Crippen molar-refractivity contribution in [3.05, 3.63) is 12.2 Å². The molecule has 2 nitrogen and oxygen atoms in total. The zero-order valence-corrected chi connectivity index (χ0v) is 8.62. The Morgan fingerprint density at radius 2 is 2.00 bits per heavy atom. The summed E-state index contributed by atoms with van der Waals surface area (Å²) in [5.74, 6) is -0.878. The molecule has 0 aliphatic heterocycles. The lowest BCUT2D eigenvalue weighted by molar-refractivity contribution is -0.141. The number of hydrogen-bond donors (Lipinski definition) is 1. The predicted molar refractivity (Wildman–Crippen MR) is 54.7 cm³/mol. The second kappa shape index (κ2) is 7.84. The van der Waals surface area contributed by atoms with Crippen LogP contribution in [-0.4, -0.2) is 11.1 Å². The number of carboxylic acid groups (broad SMARTS) is 1. The Hall–Kier alpha value is -0.790. The van der Waals surface area contributed by atoms with Gasteiger partial charge in [-0.05, 0) is 25.7 Å². The van der Waals surface area contributed by atoms with E-state index < -0.39 is 5.97 Å².